The first-order chi connectivity index (χ1) is 12.1. The fraction of sp³-hybridized carbons (Fsp3) is 0.158. The van der Waals surface area contributed by atoms with Crippen molar-refractivity contribution in [2.24, 2.45) is 0 Å². The number of hydrogen-bond donors (Lipinski definition) is 1. The van der Waals surface area contributed by atoms with Crippen molar-refractivity contribution in [1.82, 2.24) is 9.78 Å². The van der Waals surface area contributed by atoms with Crippen LogP contribution in [0.15, 0.2) is 59.2 Å². The van der Waals surface area contributed by atoms with E-state index in [2.05, 4.69) is 21.0 Å². The number of ether oxygens (including phenoxy) is 1. The molecule has 0 radical (unpaired) electrons. The lowest BCUT2D eigenvalue weighted by Gasteiger charge is -2.03. The molecule has 0 spiro atoms. The van der Waals surface area contributed by atoms with Crippen LogP contribution in [0.2, 0.25) is 0 Å². The molecule has 0 bridgehead atoms. The number of methoxy groups -OCH3 is 1. The Morgan fingerprint density at radius 3 is 2.44 bits per heavy atom. The number of carboxylic acid groups (broad SMARTS) is 1. The van der Waals surface area contributed by atoms with Gasteiger partial charge in [0.1, 0.15) is 5.75 Å². The number of aromatic nitrogens is 2. The zero-order chi connectivity index (χ0) is 17.8. The summed E-state index contributed by atoms with van der Waals surface area (Å²) in [6.45, 7) is 0. The predicted molar refractivity (Wildman–Crippen MR) is 99.2 cm³/mol. The van der Waals surface area contributed by atoms with Crippen LogP contribution in [0.4, 0.5) is 0 Å². The Hall–Kier alpha value is -2.60. The molecule has 1 N–H and O–H groups in total. The third kappa shape index (κ3) is 4.09. The number of benzene rings is 2. The van der Waals surface area contributed by atoms with Gasteiger partial charge in [0.05, 0.1) is 18.5 Å². The van der Waals surface area contributed by atoms with Crippen LogP contribution < -0.4 is 4.74 Å². The number of aryl methyl sites for hydroxylation is 1. The summed E-state index contributed by atoms with van der Waals surface area (Å²) in [5.41, 5.74) is 3.53. The Kier molecular flexibility index (Phi) is 5.19. The predicted octanol–water partition coefficient (Wildman–Crippen LogP) is 4.33. The van der Waals surface area contributed by atoms with Crippen molar-refractivity contribution in [3.05, 3.63) is 64.8 Å². The molecule has 0 atom stereocenters. The average molecular weight is 401 g/mol. The molecule has 3 rings (SSSR count). The van der Waals surface area contributed by atoms with E-state index in [1.807, 2.05) is 54.7 Å². The topological polar surface area (TPSA) is 64.4 Å². The maximum atomic E-state index is 11.0. The van der Waals surface area contributed by atoms with Crippen molar-refractivity contribution in [3.8, 4) is 22.7 Å². The second-order valence-electron chi connectivity index (χ2n) is 5.55. The second kappa shape index (κ2) is 7.53. The minimum Gasteiger partial charge on any atom is -0.497 e. The highest BCUT2D eigenvalue weighted by Crippen LogP contribution is 2.27. The summed E-state index contributed by atoms with van der Waals surface area (Å²) < 4.78 is 7.96. The normalized spacial score (nSPS) is 10.6. The van der Waals surface area contributed by atoms with Gasteiger partial charge in [-0.05, 0) is 60.5 Å². The van der Waals surface area contributed by atoms with Crippen LogP contribution in [0.25, 0.3) is 16.9 Å². The molecule has 1 heterocycles. The van der Waals surface area contributed by atoms with Gasteiger partial charge in [-0.25, -0.2) is 4.68 Å². The molecule has 0 amide bonds. The first-order valence-electron chi connectivity index (χ1n) is 7.77. The van der Waals surface area contributed by atoms with E-state index in [0.29, 0.717) is 6.42 Å². The number of nitrogens with zero attached hydrogens (tertiary/aromatic N) is 2. The molecule has 0 fully saturated rings. The molecule has 0 saturated carbocycles. The summed E-state index contributed by atoms with van der Waals surface area (Å²) in [6.07, 6.45) is 2.38. The molecule has 25 heavy (non-hydrogen) atoms. The van der Waals surface area contributed by atoms with E-state index >= 15 is 0 Å². The highest BCUT2D eigenvalue weighted by Gasteiger charge is 2.14. The molecule has 2 aromatic carbocycles. The van der Waals surface area contributed by atoms with Crippen LogP contribution in [0.5, 0.6) is 5.75 Å². The first-order valence-corrected chi connectivity index (χ1v) is 8.57. The fourth-order valence-corrected chi connectivity index (χ4v) is 2.82. The third-order valence-corrected chi connectivity index (χ3v) is 4.38. The summed E-state index contributed by atoms with van der Waals surface area (Å²) >= 11 is 3.42. The Balaban J connectivity index is 2.01. The SMILES string of the molecule is COc1ccc(-c2nn(-c3ccc(Br)cc3)cc2CCC(=O)O)cc1. The fourth-order valence-electron chi connectivity index (χ4n) is 2.55. The smallest absolute Gasteiger partial charge is 0.303 e. The van der Waals surface area contributed by atoms with Crippen molar-refractivity contribution in [2.45, 2.75) is 12.8 Å². The zero-order valence-corrected chi connectivity index (χ0v) is 15.2. The van der Waals surface area contributed by atoms with Gasteiger partial charge >= 0.3 is 5.97 Å². The number of rotatable bonds is 6. The van der Waals surface area contributed by atoms with E-state index < -0.39 is 5.97 Å². The number of carboxylic acids is 1. The Morgan fingerprint density at radius 1 is 1.16 bits per heavy atom. The summed E-state index contributed by atoms with van der Waals surface area (Å²) in [4.78, 5) is 11.0. The van der Waals surface area contributed by atoms with Gasteiger partial charge in [0, 0.05) is 22.7 Å². The zero-order valence-electron chi connectivity index (χ0n) is 13.6. The minimum absolute atomic E-state index is 0.0647. The van der Waals surface area contributed by atoms with Gasteiger partial charge in [0.2, 0.25) is 0 Å². The first kappa shape index (κ1) is 17.2. The van der Waals surface area contributed by atoms with Crippen molar-refractivity contribution in [2.75, 3.05) is 7.11 Å². The number of halogens is 1. The maximum Gasteiger partial charge on any atom is 0.303 e. The Labute approximate surface area is 154 Å². The van der Waals surface area contributed by atoms with Gasteiger partial charge in [-0.3, -0.25) is 4.79 Å². The van der Waals surface area contributed by atoms with Crippen LogP contribution in [-0.4, -0.2) is 28.0 Å². The summed E-state index contributed by atoms with van der Waals surface area (Å²) in [5.74, 6) is -0.0553. The second-order valence-corrected chi connectivity index (χ2v) is 6.46. The van der Waals surface area contributed by atoms with Crippen LogP contribution >= 0.6 is 15.9 Å². The molecular weight excluding hydrogens is 384 g/mol. The molecule has 5 nitrogen and oxygen atoms in total. The number of aliphatic carboxylic acids is 1. The lowest BCUT2D eigenvalue weighted by molar-refractivity contribution is -0.136. The lowest BCUT2D eigenvalue weighted by atomic mass is 10.0. The molecule has 6 heteroatoms. The van der Waals surface area contributed by atoms with Crippen molar-refractivity contribution in [1.29, 1.82) is 0 Å². The van der Waals surface area contributed by atoms with Crippen LogP contribution in [0, 0.1) is 0 Å². The van der Waals surface area contributed by atoms with Gasteiger partial charge in [0.25, 0.3) is 0 Å². The third-order valence-electron chi connectivity index (χ3n) is 3.85. The molecular formula is C19H17BrN2O3. The minimum atomic E-state index is -0.822. The van der Waals surface area contributed by atoms with Crippen molar-refractivity contribution in [3.63, 3.8) is 0 Å². The Morgan fingerprint density at radius 2 is 1.84 bits per heavy atom. The quantitative estimate of drug-likeness (QED) is 0.668. The van der Waals surface area contributed by atoms with Gasteiger partial charge in [-0.15, -0.1) is 0 Å². The Bertz CT molecular complexity index is 871. The van der Waals surface area contributed by atoms with Gasteiger partial charge in [-0.2, -0.15) is 5.10 Å². The number of carbonyl (C=O) groups is 1. The maximum absolute atomic E-state index is 11.0. The summed E-state index contributed by atoms with van der Waals surface area (Å²) in [6, 6.07) is 15.4. The van der Waals surface area contributed by atoms with E-state index in [0.717, 1.165) is 32.7 Å². The standard InChI is InChI=1S/C19H17BrN2O3/c1-25-17-9-2-13(3-10-17)19-14(4-11-18(23)24)12-22(21-19)16-7-5-15(20)6-8-16/h2-3,5-10,12H,4,11H2,1H3,(H,23,24). The molecule has 0 aliphatic carbocycles. The van der Waals surface area contributed by atoms with E-state index in [-0.39, 0.29) is 6.42 Å². The molecule has 0 aliphatic rings. The highest BCUT2D eigenvalue weighted by molar-refractivity contribution is 9.10. The van der Waals surface area contributed by atoms with Gasteiger partial charge in [-0.1, -0.05) is 15.9 Å². The van der Waals surface area contributed by atoms with E-state index in [1.54, 1.807) is 11.8 Å². The van der Waals surface area contributed by atoms with Crippen LogP contribution in [0.1, 0.15) is 12.0 Å². The number of hydrogen-bond acceptors (Lipinski definition) is 3. The molecule has 1 aromatic heterocycles. The summed E-state index contributed by atoms with van der Waals surface area (Å²) in [7, 11) is 1.62. The van der Waals surface area contributed by atoms with Gasteiger partial charge in [0.15, 0.2) is 0 Å². The monoisotopic (exact) mass is 400 g/mol. The molecule has 0 saturated heterocycles. The van der Waals surface area contributed by atoms with Crippen molar-refractivity contribution >= 4 is 21.9 Å². The van der Waals surface area contributed by atoms with E-state index in [1.165, 1.54) is 0 Å². The molecule has 128 valence electrons. The molecule has 3 aromatic rings. The van der Waals surface area contributed by atoms with E-state index in [4.69, 9.17) is 9.84 Å². The van der Waals surface area contributed by atoms with Crippen LogP contribution in [-0.2, 0) is 11.2 Å². The average Bonchev–Trinajstić information content (AvgIpc) is 3.05. The lowest BCUT2D eigenvalue weighted by Crippen LogP contribution is -1.97. The summed E-state index contributed by atoms with van der Waals surface area (Å²) in [5, 5.41) is 13.7. The molecule has 0 aliphatic heterocycles. The van der Waals surface area contributed by atoms with Gasteiger partial charge < -0.3 is 9.84 Å². The highest BCUT2D eigenvalue weighted by atomic mass is 79.9. The largest absolute Gasteiger partial charge is 0.497 e. The van der Waals surface area contributed by atoms with Crippen molar-refractivity contribution < 1.29 is 14.6 Å². The van der Waals surface area contributed by atoms with Crippen LogP contribution in [0.3, 0.4) is 0 Å². The molecule has 0 unspecified atom stereocenters. The van der Waals surface area contributed by atoms with E-state index in [9.17, 15) is 4.79 Å².